The number of Topliss-reactive ketones (excluding diaryl/α,β-unsaturated/α-hetero) is 1. The number of rotatable bonds is 6. The van der Waals surface area contributed by atoms with Crippen LogP contribution in [0.3, 0.4) is 0 Å². The summed E-state index contributed by atoms with van der Waals surface area (Å²) in [5.74, 6) is 0.432. The number of hydrogen-bond acceptors (Lipinski definition) is 4. The highest BCUT2D eigenvalue weighted by Gasteiger charge is 2.16. The predicted octanol–water partition coefficient (Wildman–Crippen LogP) is 4.89. The van der Waals surface area contributed by atoms with Crippen LogP contribution in [-0.4, -0.2) is 23.9 Å². The van der Waals surface area contributed by atoms with Crippen LogP contribution < -0.4 is 15.4 Å². The maximum Gasteiger partial charge on any atom is 0.257 e. The van der Waals surface area contributed by atoms with Crippen molar-refractivity contribution in [3.8, 4) is 5.75 Å². The largest absolute Gasteiger partial charge is 0.496 e. The van der Waals surface area contributed by atoms with Gasteiger partial charge in [0.15, 0.2) is 5.11 Å². The Morgan fingerprint density at radius 1 is 1.07 bits per heavy atom. The van der Waals surface area contributed by atoms with Crippen molar-refractivity contribution < 1.29 is 14.3 Å². The summed E-state index contributed by atoms with van der Waals surface area (Å²) in [4.78, 5) is 24.5. The molecule has 0 unspecified atom stereocenters. The highest BCUT2D eigenvalue weighted by molar-refractivity contribution is 7.80. The number of thiocarbonyl (C=S) groups is 1. The molecule has 0 atom stereocenters. The van der Waals surface area contributed by atoms with Crippen LogP contribution in [0.4, 0.5) is 5.69 Å². The lowest BCUT2D eigenvalue weighted by Gasteiger charge is -2.19. The van der Waals surface area contributed by atoms with E-state index in [4.69, 9.17) is 17.0 Å². The van der Waals surface area contributed by atoms with Crippen LogP contribution in [0.25, 0.3) is 0 Å². The van der Waals surface area contributed by atoms with E-state index < -0.39 is 0 Å². The zero-order valence-corrected chi connectivity index (χ0v) is 19.3. The van der Waals surface area contributed by atoms with Gasteiger partial charge in [0.05, 0.1) is 7.11 Å². The van der Waals surface area contributed by atoms with Gasteiger partial charge in [-0.1, -0.05) is 52.8 Å². The van der Waals surface area contributed by atoms with Crippen molar-refractivity contribution >= 4 is 34.7 Å². The van der Waals surface area contributed by atoms with Crippen molar-refractivity contribution in [1.82, 2.24) is 5.32 Å². The van der Waals surface area contributed by atoms with Gasteiger partial charge in [0.1, 0.15) is 11.5 Å². The van der Waals surface area contributed by atoms with Gasteiger partial charge in [-0.3, -0.25) is 14.9 Å². The first kappa shape index (κ1) is 23.5. The molecule has 0 saturated carbocycles. The molecule has 0 fully saturated rings. The molecule has 0 aromatic heterocycles. The summed E-state index contributed by atoms with van der Waals surface area (Å²) >= 11 is 5.28. The Bertz CT molecular complexity index is 928. The molecule has 2 rings (SSSR count). The first-order chi connectivity index (χ1) is 14.0. The van der Waals surface area contributed by atoms with Gasteiger partial charge < -0.3 is 10.1 Å². The first-order valence-corrected chi connectivity index (χ1v) is 10.3. The van der Waals surface area contributed by atoms with Gasteiger partial charge in [0.2, 0.25) is 0 Å². The SMILES string of the molecule is COc1cc(NC(=S)NC(=O)c2ccc(C(C)(C)C)cc2)ccc1CC(=O)C(C)C. The van der Waals surface area contributed by atoms with E-state index in [9.17, 15) is 9.59 Å². The van der Waals surface area contributed by atoms with Crippen LogP contribution in [-0.2, 0) is 16.6 Å². The maximum absolute atomic E-state index is 12.5. The van der Waals surface area contributed by atoms with E-state index >= 15 is 0 Å². The van der Waals surface area contributed by atoms with Crippen molar-refractivity contribution in [3.63, 3.8) is 0 Å². The second-order valence-electron chi connectivity index (χ2n) is 8.56. The van der Waals surface area contributed by atoms with E-state index in [-0.39, 0.29) is 28.1 Å². The zero-order valence-electron chi connectivity index (χ0n) is 18.5. The summed E-state index contributed by atoms with van der Waals surface area (Å²) in [6.07, 6.45) is 0.312. The quantitative estimate of drug-likeness (QED) is 0.644. The molecule has 0 radical (unpaired) electrons. The molecule has 2 aromatic rings. The second kappa shape index (κ2) is 9.85. The van der Waals surface area contributed by atoms with E-state index in [1.54, 1.807) is 25.3 Å². The van der Waals surface area contributed by atoms with E-state index in [0.29, 0.717) is 23.4 Å². The molecule has 0 aliphatic rings. The molecular weight excluding hydrogens is 396 g/mol. The molecule has 0 heterocycles. The monoisotopic (exact) mass is 426 g/mol. The maximum atomic E-state index is 12.5. The topological polar surface area (TPSA) is 67.4 Å². The van der Waals surface area contributed by atoms with Crippen LogP contribution in [0.15, 0.2) is 42.5 Å². The van der Waals surface area contributed by atoms with Crippen LogP contribution in [0.2, 0.25) is 0 Å². The lowest BCUT2D eigenvalue weighted by Crippen LogP contribution is -2.34. The first-order valence-electron chi connectivity index (χ1n) is 9.93. The molecule has 5 nitrogen and oxygen atoms in total. The molecule has 0 saturated heterocycles. The summed E-state index contributed by atoms with van der Waals surface area (Å²) in [5.41, 5.74) is 3.20. The van der Waals surface area contributed by atoms with E-state index in [0.717, 1.165) is 11.1 Å². The number of amides is 1. The number of benzene rings is 2. The van der Waals surface area contributed by atoms with E-state index in [2.05, 4.69) is 31.4 Å². The minimum absolute atomic E-state index is 0.0247. The third-order valence-electron chi connectivity index (χ3n) is 4.79. The zero-order chi connectivity index (χ0) is 22.5. The lowest BCUT2D eigenvalue weighted by atomic mass is 9.87. The molecule has 0 spiro atoms. The minimum atomic E-state index is -0.279. The summed E-state index contributed by atoms with van der Waals surface area (Å²) in [7, 11) is 1.56. The van der Waals surface area contributed by atoms with Gasteiger partial charge >= 0.3 is 0 Å². The van der Waals surface area contributed by atoms with Gasteiger partial charge in [-0.2, -0.15) is 0 Å². The lowest BCUT2D eigenvalue weighted by molar-refractivity contribution is -0.121. The van der Waals surface area contributed by atoms with Crippen LogP contribution >= 0.6 is 12.2 Å². The number of hydrogen-bond donors (Lipinski definition) is 2. The molecule has 2 N–H and O–H groups in total. The number of ketones is 1. The number of methoxy groups -OCH3 is 1. The molecule has 0 bridgehead atoms. The number of ether oxygens (including phenoxy) is 1. The molecule has 160 valence electrons. The molecule has 6 heteroatoms. The smallest absolute Gasteiger partial charge is 0.257 e. The number of carbonyl (C=O) groups is 2. The molecule has 30 heavy (non-hydrogen) atoms. The van der Waals surface area contributed by atoms with E-state index in [1.807, 2.05) is 38.1 Å². The minimum Gasteiger partial charge on any atom is -0.496 e. The molecule has 0 aliphatic carbocycles. The number of nitrogens with one attached hydrogen (secondary N) is 2. The van der Waals surface area contributed by atoms with Crippen molar-refractivity contribution in [3.05, 3.63) is 59.2 Å². The Morgan fingerprint density at radius 2 is 1.70 bits per heavy atom. The highest BCUT2D eigenvalue weighted by atomic mass is 32.1. The van der Waals surface area contributed by atoms with Gasteiger partial charge in [-0.05, 0) is 41.4 Å². The normalized spacial score (nSPS) is 11.2. The van der Waals surface area contributed by atoms with Crippen molar-refractivity contribution in [1.29, 1.82) is 0 Å². The summed E-state index contributed by atoms with van der Waals surface area (Å²) < 4.78 is 5.41. The number of anilines is 1. The van der Waals surface area contributed by atoms with Crippen LogP contribution in [0, 0.1) is 5.92 Å². The fourth-order valence-corrected chi connectivity index (χ4v) is 3.03. The Morgan fingerprint density at radius 3 is 2.23 bits per heavy atom. The molecule has 0 aliphatic heterocycles. The Labute approximate surface area is 184 Å². The third kappa shape index (κ3) is 6.39. The fraction of sp³-hybridized carbons (Fsp3) is 0.375. The average Bonchev–Trinajstić information content (AvgIpc) is 2.68. The summed E-state index contributed by atoms with van der Waals surface area (Å²) in [6, 6.07) is 12.9. The van der Waals surface area contributed by atoms with Crippen LogP contribution in [0.1, 0.15) is 56.1 Å². The van der Waals surface area contributed by atoms with Crippen molar-refractivity contribution in [2.24, 2.45) is 5.92 Å². The van der Waals surface area contributed by atoms with Crippen molar-refractivity contribution in [2.75, 3.05) is 12.4 Å². The molecule has 2 aromatic carbocycles. The standard InChI is InChI=1S/C24H30N2O3S/c1-15(2)20(27)13-17-9-12-19(14-21(17)29-6)25-23(30)26-22(28)16-7-10-18(11-8-16)24(3,4)5/h7-12,14-15H,13H2,1-6H3,(H2,25,26,28,30). The summed E-state index contributed by atoms with van der Waals surface area (Å²) in [6.45, 7) is 10.1. The van der Waals surface area contributed by atoms with E-state index in [1.165, 1.54) is 0 Å². The van der Waals surface area contributed by atoms with Gasteiger partial charge in [-0.15, -0.1) is 0 Å². The number of carbonyl (C=O) groups excluding carboxylic acids is 2. The second-order valence-corrected chi connectivity index (χ2v) is 8.97. The third-order valence-corrected chi connectivity index (χ3v) is 5.00. The van der Waals surface area contributed by atoms with Gasteiger partial charge in [0, 0.05) is 35.2 Å². The van der Waals surface area contributed by atoms with Crippen LogP contribution in [0.5, 0.6) is 5.75 Å². The van der Waals surface area contributed by atoms with Crippen molar-refractivity contribution in [2.45, 2.75) is 46.5 Å². The van der Waals surface area contributed by atoms with Gasteiger partial charge in [-0.25, -0.2) is 0 Å². The molecular formula is C24H30N2O3S. The highest BCUT2D eigenvalue weighted by Crippen LogP contribution is 2.25. The Kier molecular flexibility index (Phi) is 7.73. The molecule has 1 amide bonds. The average molecular weight is 427 g/mol. The fourth-order valence-electron chi connectivity index (χ4n) is 2.82. The predicted molar refractivity (Wildman–Crippen MR) is 125 cm³/mol. The Hall–Kier alpha value is -2.73. The van der Waals surface area contributed by atoms with Gasteiger partial charge in [0.25, 0.3) is 5.91 Å². The summed E-state index contributed by atoms with van der Waals surface area (Å²) in [5, 5.41) is 5.87. The Balaban J connectivity index is 2.03.